The molecule has 194 valence electrons. The van der Waals surface area contributed by atoms with Gasteiger partial charge in [-0.1, -0.05) is 76.1 Å². The molecule has 0 atom stereocenters. The monoisotopic (exact) mass is 480 g/mol. The fourth-order valence-electron chi connectivity index (χ4n) is 6.28. The maximum atomic E-state index is 12.6. The van der Waals surface area contributed by atoms with Crippen molar-refractivity contribution >= 4 is 0 Å². The van der Waals surface area contributed by atoms with Gasteiger partial charge in [0.1, 0.15) is 0 Å². The highest BCUT2D eigenvalue weighted by Crippen LogP contribution is 2.43. The van der Waals surface area contributed by atoms with Crippen molar-refractivity contribution in [2.24, 2.45) is 11.8 Å². The summed E-state index contributed by atoms with van der Waals surface area (Å²) >= 11 is 0. The Morgan fingerprint density at radius 1 is 0.706 bits per heavy atom. The summed E-state index contributed by atoms with van der Waals surface area (Å²) in [7, 11) is 0. The zero-order chi connectivity index (χ0) is 24.2. The van der Waals surface area contributed by atoms with Gasteiger partial charge < -0.3 is 4.74 Å². The van der Waals surface area contributed by atoms with Crippen molar-refractivity contribution in [2.75, 3.05) is 6.61 Å². The minimum Gasteiger partial charge on any atom is -0.378 e. The number of rotatable bonds is 13. The lowest BCUT2D eigenvalue weighted by Gasteiger charge is -2.38. The van der Waals surface area contributed by atoms with E-state index in [0.29, 0.717) is 17.6 Å². The quantitative estimate of drug-likeness (QED) is 0.255. The van der Waals surface area contributed by atoms with Crippen LogP contribution < -0.4 is 0 Å². The minimum absolute atomic E-state index is 0.367. The Kier molecular flexibility index (Phi) is 11.8. The molecule has 1 nitrogen and oxygen atoms in total. The van der Waals surface area contributed by atoms with Crippen molar-refractivity contribution in [2.45, 2.75) is 134 Å². The summed E-state index contributed by atoms with van der Waals surface area (Å²) in [5.41, 5.74) is 1.59. The lowest BCUT2D eigenvalue weighted by Crippen LogP contribution is -2.28. The molecule has 34 heavy (non-hydrogen) atoms. The summed E-state index contributed by atoms with van der Waals surface area (Å²) in [5.74, 6) is 2.19. The summed E-state index contributed by atoms with van der Waals surface area (Å²) in [6, 6.07) is 7.20. The van der Waals surface area contributed by atoms with E-state index in [1.165, 1.54) is 108 Å². The average Bonchev–Trinajstić information content (AvgIpc) is 2.83. The molecule has 4 heteroatoms. The average molecular weight is 481 g/mol. The molecule has 0 heterocycles. The normalized spacial score (nSPS) is 26.0. The number of hydrogen-bond acceptors (Lipinski definition) is 1. The molecule has 2 aliphatic rings. The van der Waals surface area contributed by atoms with Crippen LogP contribution >= 0.6 is 0 Å². The molecule has 2 saturated carbocycles. The van der Waals surface area contributed by atoms with E-state index < -0.39 is 12.6 Å². The van der Waals surface area contributed by atoms with E-state index in [1.54, 1.807) is 12.1 Å². The third-order valence-corrected chi connectivity index (χ3v) is 8.36. The Morgan fingerprint density at radius 2 is 1.24 bits per heavy atom. The molecule has 1 aromatic rings. The molecule has 2 fully saturated rings. The van der Waals surface area contributed by atoms with Crippen LogP contribution in [-0.4, -0.2) is 18.9 Å². The molecule has 0 radical (unpaired) electrons. The maximum Gasteiger partial charge on any atom is 0.393 e. The van der Waals surface area contributed by atoms with Crippen LogP contribution in [0.5, 0.6) is 0 Å². The number of benzene rings is 1. The van der Waals surface area contributed by atoms with E-state index in [0.717, 1.165) is 18.4 Å². The second-order valence-electron chi connectivity index (χ2n) is 11.0. The van der Waals surface area contributed by atoms with Gasteiger partial charge in [0.05, 0.1) is 12.5 Å². The lowest BCUT2D eigenvalue weighted by atomic mass is 9.69. The van der Waals surface area contributed by atoms with Crippen LogP contribution in [0, 0.1) is 11.8 Å². The number of ether oxygens (including phenoxy) is 1. The first-order chi connectivity index (χ1) is 16.4. The fourth-order valence-corrected chi connectivity index (χ4v) is 6.28. The first kappa shape index (κ1) is 27.6. The Balaban J connectivity index is 1.26. The largest absolute Gasteiger partial charge is 0.393 e. The molecule has 0 N–H and O–H groups in total. The molecule has 1 aromatic carbocycles. The van der Waals surface area contributed by atoms with Crippen LogP contribution in [0.25, 0.3) is 0 Å². The van der Waals surface area contributed by atoms with E-state index in [2.05, 4.69) is 6.92 Å². The molecular weight excluding hydrogens is 433 g/mol. The Labute approximate surface area is 206 Å². The van der Waals surface area contributed by atoms with Gasteiger partial charge in [0.25, 0.3) is 0 Å². The van der Waals surface area contributed by atoms with Gasteiger partial charge in [0.2, 0.25) is 0 Å². The third-order valence-electron chi connectivity index (χ3n) is 8.36. The van der Waals surface area contributed by atoms with Crippen LogP contribution in [-0.2, 0) is 11.2 Å². The van der Waals surface area contributed by atoms with Crippen LogP contribution in [0.1, 0.15) is 127 Å². The molecule has 0 saturated heterocycles. The summed E-state index contributed by atoms with van der Waals surface area (Å²) in [4.78, 5) is 0. The molecule has 0 spiro atoms. The smallest absolute Gasteiger partial charge is 0.378 e. The topological polar surface area (TPSA) is 9.23 Å². The van der Waals surface area contributed by atoms with Crippen molar-refractivity contribution in [1.82, 2.24) is 0 Å². The highest BCUT2D eigenvalue weighted by atomic mass is 19.4. The molecule has 2 aliphatic carbocycles. The van der Waals surface area contributed by atoms with Gasteiger partial charge in [-0.3, -0.25) is 0 Å². The van der Waals surface area contributed by atoms with E-state index in [-0.39, 0.29) is 0 Å². The molecule has 0 bridgehead atoms. The number of alkyl halides is 3. The van der Waals surface area contributed by atoms with Crippen molar-refractivity contribution in [3.8, 4) is 0 Å². The van der Waals surface area contributed by atoms with Crippen LogP contribution in [0.15, 0.2) is 24.3 Å². The Hall–Kier alpha value is -1.03. The number of unbranched alkanes of at least 4 members (excludes halogenated alkanes) is 7. The Bertz CT molecular complexity index is 653. The van der Waals surface area contributed by atoms with Gasteiger partial charge in [-0.2, -0.15) is 13.2 Å². The molecule has 0 unspecified atom stereocenters. The summed E-state index contributed by atoms with van der Waals surface area (Å²) in [6.07, 6.45) is 16.3. The minimum atomic E-state index is -4.13. The van der Waals surface area contributed by atoms with Crippen molar-refractivity contribution < 1.29 is 17.9 Å². The van der Waals surface area contributed by atoms with Crippen molar-refractivity contribution in [1.29, 1.82) is 0 Å². The second-order valence-corrected chi connectivity index (χ2v) is 11.0. The number of halogens is 3. The molecule has 0 aliphatic heterocycles. The fraction of sp³-hybridized carbons (Fsp3) is 0.800. The zero-order valence-electron chi connectivity index (χ0n) is 21.4. The van der Waals surface area contributed by atoms with Gasteiger partial charge in [-0.15, -0.1) is 0 Å². The zero-order valence-corrected chi connectivity index (χ0v) is 21.4. The van der Waals surface area contributed by atoms with E-state index in [4.69, 9.17) is 4.74 Å². The predicted octanol–water partition coefficient (Wildman–Crippen LogP) is 9.78. The lowest BCUT2D eigenvalue weighted by molar-refractivity contribution is -0.127. The van der Waals surface area contributed by atoms with E-state index in [1.807, 2.05) is 12.1 Å². The molecule has 0 amide bonds. The highest BCUT2D eigenvalue weighted by Gasteiger charge is 2.32. The summed E-state index contributed by atoms with van der Waals surface area (Å²) in [5, 5.41) is 0. The van der Waals surface area contributed by atoms with Gasteiger partial charge >= 0.3 is 6.18 Å². The first-order valence-electron chi connectivity index (χ1n) is 14.2. The van der Waals surface area contributed by atoms with Crippen molar-refractivity contribution in [3.63, 3.8) is 0 Å². The maximum absolute atomic E-state index is 12.6. The SMILES string of the molecule is CCCCCCCCCCO[C@H]1CC[C@H](C2CCC(c3ccc(CC(F)(F)F)cc3)CC2)CC1. The van der Waals surface area contributed by atoms with Crippen LogP contribution in [0.3, 0.4) is 0 Å². The van der Waals surface area contributed by atoms with Crippen molar-refractivity contribution in [3.05, 3.63) is 35.4 Å². The first-order valence-corrected chi connectivity index (χ1v) is 14.2. The predicted molar refractivity (Wildman–Crippen MR) is 135 cm³/mol. The summed E-state index contributed by atoms with van der Waals surface area (Å²) < 4.78 is 44.0. The number of hydrogen-bond donors (Lipinski definition) is 0. The highest BCUT2D eigenvalue weighted by molar-refractivity contribution is 5.26. The van der Waals surface area contributed by atoms with E-state index in [9.17, 15) is 13.2 Å². The van der Waals surface area contributed by atoms with Gasteiger partial charge in [-0.05, 0) is 86.7 Å². The second kappa shape index (κ2) is 14.5. The van der Waals surface area contributed by atoms with Crippen LogP contribution in [0.4, 0.5) is 13.2 Å². The molecular formula is C30H47F3O. The van der Waals surface area contributed by atoms with E-state index >= 15 is 0 Å². The van der Waals surface area contributed by atoms with Gasteiger partial charge in [0.15, 0.2) is 0 Å². The molecule has 0 aromatic heterocycles. The van der Waals surface area contributed by atoms with Gasteiger partial charge in [0, 0.05) is 6.61 Å². The van der Waals surface area contributed by atoms with Gasteiger partial charge in [-0.25, -0.2) is 0 Å². The third kappa shape index (κ3) is 9.91. The summed E-state index contributed by atoms with van der Waals surface area (Å²) in [6.45, 7) is 3.21. The standard InChI is InChI=1S/C30H47F3O/c1-2-3-4-5-6-7-8-9-22-34-29-20-18-28(19-21-29)27-16-14-26(15-17-27)25-12-10-24(11-13-25)23-30(31,32)33/h10-13,26-29H,2-9,14-23H2,1H3/t26?,27?,28-,29-. The van der Waals surface area contributed by atoms with Crippen LogP contribution in [0.2, 0.25) is 0 Å². The Morgan fingerprint density at radius 3 is 1.79 bits per heavy atom. The molecule has 3 rings (SSSR count).